The summed E-state index contributed by atoms with van der Waals surface area (Å²) in [5.41, 5.74) is 1.28. The Bertz CT molecular complexity index is 540. The lowest BCUT2D eigenvalue weighted by Crippen LogP contribution is -2.27. The van der Waals surface area contributed by atoms with Crippen LogP contribution in [0, 0.1) is 11.3 Å². The second kappa shape index (κ2) is 7.67. The van der Waals surface area contributed by atoms with Crippen molar-refractivity contribution in [2.45, 2.75) is 53.0 Å². The average molecular weight is 315 g/mol. The minimum absolute atomic E-state index is 0.00924. The molecular weight excluding hydrogens is 286 g/mol. The maximum Gasteiger partial charge on any atom is 0.244 e. The van der Waals surface area contributed by atoms with E-state index in [9.17, 15) is 4.79 Å². The summed E-state index contributed by atoms with van der Waals surface area (Å²) in [6.45, 7) is 9.58. The normalized spacial score (nSPS) is 20.5. The highest BCUT2D eigenvalue weighted by Crippen LogP contribution is 2.45. The number of carbonyl (C=O) groups excluding carboxylic acids is 1. The zero-order valence-electron chi connectivity index (χ0n) is 14.8. The summed E-state index contributed by atoms with van der Waals surface area (Å²) in [4.78, 5) is 12.0. The Balaban J connectivity index is 1.78. The molecule has 3 heteroatoms. The van der Waals surface area contributed by atoms with Gasteiger partial charge in [0, 0.05) is 12.1 Å². The van der Waals surface area contributed by atoms with Gasteiger partial charge in [0.25, 0.3) is 0 Å². The molecule has 2 atom stereocenters. The van der Waals surface area contributed by atoms with Gasteiger partial charge in [-0.2, -0.15) is 0 Å². The molecule has 0 spiro atoms. The summed E-state index contributed by atoms with van der Waals surface area (Å²) < 4.78 is 5.63. The van der Waals surface area contributed by atoms with Gasteiger partial charge in [-0.3, -0.25) is 4.79 Å². The van der Waals surface area contributed by atoms with Crippen LogP contribution in [0.4, 0.5) is 0 Å². The molecule has 1 fully saturated rings. The number of ether oxygens (including phenoxy) is 1. The zero-order valence-corrected chi connectivity index (χ0v) is 14.8. The Labute approximate surface area is 140 Å². The van der Waals surface area contributed by atoms with E-state index in [1.165, 1.54) is 0 Å². The molecule has 0 bridgehead atoms. The second-order valence-electron chi connectivity index (χ2n) is 7.43. The van der Waals surface area contributed by atoms with Crippen LogP contribution in [-0.2, 0) is 4.79 Å². The minimum Gasteiger partial charge on any atom is -0.494 e. The van der Waals surface area contributed by atoms with Crippen molar-refractivity contribution < 1.29 is 9.53 Å². The number of amides is 1. The van der Waals surface area contributed by atoms with Gasteiger partial charge in [0.05, 0.1) is 6.61 Å². The monoisotopic (exact) mass is 315 g/mol. The van der Waals surface area contributed by atoms with Crippen molar-refractivity contribution in [3.8, 4) is 5.75 Å². The maximum absolute atomic E-state index is 12.0. The van der Waals surface area contributed by atoms with Gasteiger partial charge in [-0.25, -0.2) is 0 Å². The van der Waals surface area contributed by atoms with Gasteiger partial charge in [0.15, 0.2) is 0 Å². The topological polar surface area (TPSA) is 38.3 Å². The molecule has 126 valence electrons. The van der Waals surface area contributed by atoms with Crippen LogP contribution in [0.3, 0.4) is 0 Å². The number of hydrogen-bond donors (Lipinski definition) is 1. The predicted octanol–water partition coefficient (Wildman–Crippen LogP) is 4.43. The van der Waals surface area contributed by atoms with Crippen LogP contribution in [-0.4, -0.2) is 18.6 Å². The third-order valence-corrected chi connectivity index (χ3v) is 4.30. The Morgan fingerprint density at radius 3 is 2.57 bits per heavy atom. The molecule has 1 N–H and O–H groups in total. The standard InChI is InChI=1S/C20H29NO2/c1-5-6-13-23-16-10-7-15(8-11-16)9-12-19(22)21-18-14-17(18)20(2,3)4/h7-12,17-18H,5-6,13-14H2,1-4H3,(H,21,22)/b12-9+/t17-,18+/m0/s1. The molecule has 1 aliphatic carbocycles. The van der Waals surface area contributed by atoms with Crippen LogP contribution in [0.1, 0.15) is 52.5 Å². The van der Waals surface area contributed by atoms with Crippen LogP contribution in [0.25, 0.3) is 6.08 Å². The summed E-state index contributed by atoms with van der Waals surface area (Å²) in [7, 11) is 0. The van der Waals surface area contributed by atoms with E-state index < -0.39 is 0 Å². The molecule has 1 aromatic carbocycles. The summed E-state index contributed by atoms with van der Waals surface area (Å²) in [5, 5.41) is 3.08. The average Bonchev–Trinajstić information content (AvgIpc) is 3.26. The van der Waals surface area contributed by atoms with Gasteiger partial charge in [-0.1, -0.05) is 46.2 Å². The highest BCUT2D eigenvalue weighted by Gasteiger charge is 2.45. The number of benzene rings is 1. The zero-order chi connectivity index (χ0) is 16.9. The first-order chi connectivity index (χ1) is 10.9. The van der Waals surface area contributed by atoms with Crippen molar-refractivity contribution in [1.29, 1.82) is 0 Å². The first kappa shape index (κ1) is 17.6. The molecule has 0 unspecified atom stereocenters. The molecule has 1 aliphatic rings. The van der Waals surface area contributed by atoms with E-state index in [2.05, 4.69) is 33.0 Å². The van der Waals surface area contributed by atoms with Crippen LogP contribution < -0.4 is 10.1 Å². The van der Waals surface area contributed by atoms with Gasteiger partial charge in [0.1, 0.15) is 5.75 Å². The van der Waals surface area contributed by atoms with Crippen LogP contribution in [0.15, 0.2) is 30.3 Å². The first-order valence-corrected chi connectivity index (χ1v) is 8.61. The molecule has 1 amide bonds. The Hall–Kier alpha value is -1.77. The molecule has 0 aliphatic heterocycles. The summed E-state index contributed by atoms with van der Waals surface area (Å²) in [6, 6.07) is 8.18. The number of hydrogen-bond acceptors (Lipinski definition) is 2. The van der Waals surface area contributed by atoms with E-state index in [4.69, 9.17) is 4.74 Å². The maximum atomic E-state index is 12.0. The van der Waals surface area contributed by atoms with E-state index in [1.54, 1.807) is 6.08 Å². The molecule has 0 radical (unpaired) electrons. The van der Waals surface area contributed by atoms with E-state index in [0.29, 0.717) is 12.0 Å². The molecule has 1 saturated carbocycles. The van der Waals surface area contributed by atoms with Gasteiger partial charge < -0.3 is 10.1 Å². The van der Waals surface area contributed by atoms with E-state index in [0.717, 1.165) is 37.2 Å². The molecule has 3 nitrogen and oxygen atoms in total. The van der Waals surface area contributed by atoms with Gasteiger partial charge >= 0.3 is 0 Å². The Morgan fingerprint density at radius 1 is 1.30 bits per heavy atom. The number of unbranched alkanes of at least 4 members (excludes halogenated alkanes) is 1. The minimum atomic E-state index is -0.00924. The second-order valence-corrected chi connectivity index (χ2v) is 7.43. The third-order valence-electron chi connectivity index (χ3n) is 4.30. The quantitative estimate of drug-likeness (QED) is 0.597. The summed E-state index contributed by atoms with van der Waals surface area (Å²) in [6.07, 6.45) is 6.75. The molecule has 0 aromatic heterocycles. The third kappa shape index (κ3) is 5.74. The molecule has 1 aromatic rings. The molecule has 2 rings (SSSR count). The first-order valence-electron chi connectivity index (χ1n) is 8.61. The number of carbonyl (C=O) groups is 1. The smallest absolute Gasteiger partial charge is 0.244 e. The van der Waals surface area contributed by atoms with Crippen molar-refractivity contribution in [3.63, 3.8) is 0 Å². The molecular formula is C20H29NO2. The largest absolute Gasteiger partial charge is 0.494 e. The van der Waals surface area contributed by atoms with Crippen molar-refractivity contribution in [1.82, 2.24) is 5.32 Å². The Morgan fingerprint density at radius 2 is 2.00 bits per heavy atom. The highest BCUT2D eigenvalue weighted by molar-refractivity contribution is 5.92. The lowest BCUT2D eigenvalue weighted by Gasteiger charge is -2.17. The van der Waals surface area contributed by atoms with E-state index in [1.807, 2.05) is 30.3 Å². The van der Waals surface area contributed by atoms with Gasteiger partial charge in [-0.15, -0.1) is 0 Å². The van der Waals surface area contributed by atoms with Crippen molar-refractivity contribution in [2.75, 3.05) is 6.61 Å². The number of nitrogens with one attached hydrogen (secondary N) is 1. The fourth-order valence-corrected chi connectivity index (χ4v) is 2.72. The number of rotatable bonds is 7. The van der Waals surface area contributed by atoms with Crippen molar-refractivity contribution >= 4 is 12.0 Å². The van der Waals surface area contributed by atoms with Gasteiger partial charge in [-0.05, 0) is 47.9 Å². The highest BCUT2D eigenvalue weighted by atomic mass is 16.5. The molecule has 0 saturated heterocycles. The lowest BCUT2D eigenvalue weighted by atomic mass is 9.90. The summed E-state index contributed by atoms with van der Waals surface area (Å²) in [5.74, 6) is 1.47. The summed E-state index contributed by atoms with van der Waals surface area (Å²) >= 11 is 0. The van der Waals surface area contributed by atoms with E-state index in [-0.39, 0.29) is 11.3 Å². The van der Waals surface area contributed by atoms with Crippen LogP contribution >= 0.6 is 0 Å². The fraction of sp³-hybridized carbons (Fsp3) is 0.550. The molecule has 23 heavy (non-hydrogen) atoms. The lowest BCUT2D eigenvalue weighted by molar-refractivity contribution is -0.116. The fourth-order valence-electron chi connectivity index (χ4n) is 2.72. The van der Waals surface area contributed by atoms with Crippen LogP contribution in [0.5, 0.6) is 5.75 Å². The molecule has 0 heterocycles. The van der Waals surface area contributed by atoms with Crippen molar-refractivity contribution in [2.24, 2.45) is 11.3 Å². The Kier molecular flexibility index (Phi) is 5.86. The van der Waals surface area contributed by atoms with E-state index >= 15 is 0 Å². The SMILES string of the molecule is CCCCOc1ccc(/C=C/C(=O)N[C@@H]2C[C@@H]2C(C)(C)C)cc1. The van der Waals surface area contributed by atoms with Crippen LogP contribution in [0.2, 0.25) is 0 Å². The van der Waals surface area contributed by atoms with Crippen molar-refractivity contribution in [3.05, 3.63) is 35.9 Å². The van der Waals surface area contributed by atoms with Gasteiger partial charge in [0.2, 0.25) is 5.91 Å². The predicted molar refractivity (Wildman–Crippen MR) is 95.4 cm³/mol.